The van der Waals surface area contributed by atoms with Crippen molar-refractivity contribution in [2.24, 2.45) is 0 Å². The molecule has 0 aromatic carbocycles. The molecule has 120 valence electrons. The Kier molecular flexibility index (Phi) is 5.83. The molecule has 2 rings (SSSR count). The van der Waals surface area contributed by atoms with Crippen molar-refractivity contribution in [2.45, 2.75) is 38.8 Å². The van der Waals surface area contributed by atoms with E-state index in [2.05, 4.69) is 15.6 Å². The first-order valence-electron chi connectivity index (χ1n) is 7.49. The normalized spacial score (nSPS) is 21.4. The van der Waals surface area contributed by atoms with Gasteiger partial charge in [-0.2, -0.15) is 5.26 Å². The molecule has 1 amide bonds. The molecule has 0 saturated carbocycles. The maximum absolute atomic E-state index is 12.4. The predicted molar refractivity (Wildman–Crippen MR) is 84.0 cm³/mol. The van der Waals surface area contributed by atoms with Gasteiger partial charge in [-0.05, 0) is 26.3 Å². The molecular formula is C15H21ClN4O2. The summed E-state index contributed by atoms with van der Waals surface area (Å²) >= 11 is 6.03. The molecule has 6 nitrogen and oxygen atoms in total. The number of hydrogen-bond donors (Lipinski definition) is 3. The minimum atomic E-state index is -0.316. The molecule has 1 fully saturated rings. The maximum Gasteiger partial charge on any atom is 0.269 e. The van der Waals surface area contributed by atoms with E-state index >= 15 is 0 Å². The smallest absolute Gasteiger partial charge is 0.269 e. The molecule has 1 aromatic rings. The quantitative estimate of drug-likeness (QED) is 0.769. The van der Waals surface area contributed by atoms with Crippen LogP contribution in [0.4, 0.5) is 0 Å². The van der Waals surface area contributed by atoms with Gasteiger partial charge in [0.05, 0.1) is 17.2 Å². The van der Waals surface area contributed by atoms with Crippen molar-refractivity contribution < 1.29 is 9.53 Å². The highest BCUT2D eigenvalue weighted by Gasteiger charge is 2.29. The van der Waals surface area contributed by atoms with Crippen molar-refractivity contribution in [3.8, 4) is 6.07 Å². The van der Waals surface area contributed by atoms with Crippen LogP contribution in [0.25, 0.3) is 0 Å². The summed E-state index contributed by atoms with van der Waals surface area (Å²) in [5.74, 6) is -0.316. The van der Waals surface area contributed by atoms with Crippen molar-refractivity contribution in [2.75, 3.05) is 19.7 Å². The first kappa shape index (κ1) is 16.8. The lowest BCUT2D eigenvalue weighted by Gasteiger charge is -2.32. The zero-order valence-electron chi connectivity index (χ0n) is 12.8. The Morgan fingerprint density at radius 2 is 2.36 bits per heavy atom. The summed E-state index contributed by atoms with van der Waals surface area (Å²) < 4.78 is 5.79. The van der Waals surface area contributed by atoms with Gasteiger partial charge in [0.15, 0.2) is 0 Å². The van der Waals surface area contributed by atoms with Gasteiger partial charge < -0.3 is 20.4 Å². The van der Waals surface area contributed by atoms with Gasteiger partial charge in [-0.25, -0.2) is 0 Å². The summed E-state index contributed by atoms with van der Waals surface area (Å²) in [7, 11) is 0. The Hall–Kier alpha value is -1.55. The highest BCUT2D eigenvalue weighted by molar-refractivity contribution is 6.33. The van der Waals surface area contributed by atoms with Gasteiger partial charge in [0, 0.05) is 18.8 Å². The number of aromatic amines is 1. The summed E-state index contributed by atoms with van der Waals surface area (Å²) in [6, 6.07) is 1.91. The number of piperidine rings is 1. The summed E-state index contributed by atoms with van der Waals surface area (Å²) in [4.78, 5) is 15.3. The molecule has 0 radical (unpaired) electrons. The van der Waals surface area contributed by atoms with Gasteiger partial charge in [-0.3, -0.25) is 4.79 Å². The number of halogens is 1. The van der Waals surface area contributed by atoms with E-state index in [4.69, 9.17) is 21.6 Å². The molecule has 0 aliphatic carbocycles. The number of nitrogens with one attached hydrogen (secondary N) is 3. The van der Waals surface area contributed by atoms with Crippen molar-refractivity contribution in [1.29, 1.82) is 5.26 Å². The first-order chi connectivity index (χ1) is 10.6. The van der Waals surface area contributed by atoms with Crippen LogP contribution in [0.1, 0.15) is 41.5 Å². The summed E-state index contributed by atoms with van der Waals surface area (Å²) in [5.41, 5.74) is 1.03. The SMILES string of the molecule is CCCO[C@@H]1CNCC[C@H]1NC(=O)c1[nH]c(C)c(Cl)c1C#N. The third-order valence-electron chi connectivity index (χ3n) is 3.73. The Labute approximate surface area is 135 Å². The predicted octanol–water partition coefficient (Wildman–Crippen LogP) is 1.74. The summed E-state index contributed by atoms with van der Waals surface area (Å²) in [5, 5.41) is 15.7. The number of hydrogen-bond acceptors (Lipinski definition) is 4. The minimum Gasteiger partial charge on any atom is -0.375 e. The van der Waals surface area contributed by atoms with E-state index in [1.165, 1.54) is 0 Å². The molecule has 2 heterocycles. The van der Waals surface area contributed by atoms with Gasteiger partial charge in [0.25, 0.3) is 5.91 Å². The average Bonchev–Trinajstić information content (AvgIpc) is 2.81. The second-order valence-electron chi connectivity index (χ2n) is 5.41. The lowest BCUT2D eigenvalue weighted by Crippen LogP contribution is -2.54. The van der Waals surface area contributed by atoms with Crippen molar-refractivity contribution in [1.82, 2.24) is 15.6 Å². The van der Waals surface area contributed by atoms with Crippen LogP contribution in [0.3, 0.4) is 0 Å². The van der Waals surface area contributed by atoms with Crippen LogP contribution in [0.15, 0.2) is 0 Å². The molecule has 7 heteroatoms. The van der Waals surface area contributed by atoms with Crippen molar-refractivity contribution in [3.63, 3.8) is 0 Å². The maximum atomic E-state index is 12.4. The summed E-state index contributed by atoms with van der Waals surface area (Å²) in [6.07, 6.45) is 1.66. The number of nitrogens with zero attached hydrogens (tertiary/aromatic N) is 1. The molecule has 1 aliphatic rings. The van der Waals surface area contributed by atoms with Crippen LogP contribution in [-0.2, 0) is 4.74 Å². The molecular weight excluding hydrogens is 304 g/mol. The van der Waals surface area contributed by atoms with E-state index in [0.717, 1.165) is 19.4 Å². The lowest BCUT2D eigenvalue weighted by molar-refractivity contribution is 0.0142. The fourth-order valence-electron chi connectivity index (χ4n) is 2.56. The number of carbonyl (C=O) groups is 1. The van der Waals surface area contributed by atoms with Crippen LogP contribution < -0.4 is 10.6 Å². The van der Waals surface area contributed by atoms with Crippen LogP contribution in [0, 0.1) is 18.3 Å². The highest BCUT2D eigenvalue weighted by Crippen LogP contribution is 2.23. The molecule has 0 bridgehead atoms. The van der Waals surface area contributed by atoms with Gasteiger partial charge in [0.1, 0.15) is 17.3 Å². The highest BCUT2D eigenvalue weighted by atomic mass is 35.5. The second-order valence-corrected chi connectivity index (χ2v) is 5.79. The first-order valence-corrected chi connectivity index (χ1v) is 7.87. The molecule has 2 atom stereocenters. The fourth-order valence-corrected chi connectivity index (χ4v) is 2.74. The standard InChI is InChI=1S/C15H21ClN4O2/c1-3-6-22-12-8-18-5-4-11(12)20-15(21)14-10(7-17)13(16)9(2)19-14/h11-12,18-19H,3-6,8H2,1-2H3,(H,20,21)/t11-,12-/m1/s1. The Bertz CT molecular complexity index is 579. The van der Waals surface area contributed by atoms with E-state index < -0.39 is 0 Å². The number of carbonyl (C=O) groups excluding carboxylic acids is 1. The zero-order valence-corrected chi connectivity index (χ0v) is 13.6. The summed E-state index contributed by atoms with van der Waals surface area (Å²) in [6.45, 7) is 5.98. The molecule has 0 unspecified atom stereocenters. The van der Waals surface area contributed by atoms with Crippen LogP contribution in [0.5, 0.6) is 0 Å². The molecule has 1 saturated heterocycles. The van der Waals surface area contributed by atoms with Gasteiger partial charge >= 0.3 is 0 Å². The average molecular weight is 325 g/mol. The van der Waals surface area contributed by atoms with E-state index in [1.54, 1.807) is 6.92 Å². The van der Waals surface area contributed by atoms with Crippen LogP contribution in [-0.4, -0.2) is 42.7 Å². The topological polar surface area (TPSA) is 89.9 Å². The fraction of sp³-hybridized carbons (Fsp3) is 0.600. The Morgan fingerprint density at radius 3 is 3.05 bits per heavy atom. The molecule has 22 heavy (non-hydrogen) atoms. The van der Waals surface area contributed by atoms with Crippen molar-refractivity contribution in [3.05, 3.63) is 22.0 Å². The Morgan fingerprint density at radius 1 is 1.59 bits per heavy atom. The van der Waals surface area contributed by atoms with E-state index in [0.29, 0.717) is 23.9 Å². The number of aryl methyl sites for hydroxylation is 1. The molecule has 1 aliphatic heterocycles. The molecule has 3 N–H and O–H groups in total. The van der Waals surface area contributed by atoms with E-state index in [1.807, 2.05) is 13.0 Å². The second kappa shape index (κ2) is 7.63. The number of rotatable bonds is 5. The zero-order chi connectivity index (χ0) is 16.1. The van der Waals surface area contributed by atoms with Crippen LogP contribution in [0.2, 0.25) is 5.02 Å². The van der Waals surface area contributed by atoms with E-state index in [-0.39, 0.29) is 29.3 Å². The molecule has 0 spiro atoms. The largest absolute Gasteiger partial charge is 0.375 e. The number of amides is 1. The lowest BCUT2D eigenvalue weighted by atomic mass is 10.0. The third kappa shape index (κ3) is 3.61. The number of nitriles is 1. The molecule has 1 aromatic heterocycles. The van der Waals surface area contributed by atoms with Gasteiger partial charge in [0.2, 0.25) is 0 Å². The number of H-pyrrole nitrogens is 1. The van der Waals surface area contributed by atoms with Crippen molar-refractivity contribution >= 4 is 17.5 Å². The van der Waals surface area contributed by atoms with Gasteiger partial charge in [-0.1, -0.05) is 18.5 Å². The van der Waals surface area contributed by atoms with Crippen LogP contribution >= 0.6 is 11.6 Å². The van der Waals surface area contributed by atoms with Gasteiger partial charge in [-0.15, -0.1) is 0 Å². The Balaban J connectivity index is 2.10. The third-order valence-corrected chi connectivity index (χ3v) is 4.20. The van der Waals surface area contributed by atoms with E-state index in [9.17, 15) is 4.79 Å². The monoisotopic (exact) mass is 324 g/mol. The number of ether oxygens (including phenoxy) is 1. The minimum absolute atomic E-state index is 0.0604. The number of aromatic nitrogens is 1.